The molecule has 0 saturated carbocycles. The maximum absolute atomic E-state index is 12.3. The van der Waals surface area contributed by atoms with Crippen molar-refractivity contribution < 1.29 is 4.79 Å². The van der Waals surface area contributed by atoms with Crippen molar-refractivity contribution in [3.63, 3.8) is 0 Å². The lowest BCUT2D eigenvalue weighted by Gasteiger charge is -2.34. The molecule has 0 saturated heterocycles. The molecule has 27 heavy (non-hydrogen) atoms. The third kappa shape index (κ3) is 3.97. The lowest BCUT2D eigenvalue weighted by molar-refractivity contribution is -0.119. The third-order valence-electron chi connectivity index (χ3n) is 5.01. The first kappa shape index (κ1) is 19.0. The summed E-state index contributed by atoms with van der Waals surface area (Å²) in [6, 6.07) is 22.1. The SMILES string of the molecule is CCC(=O)C[C@@H](c1ccccc1)[C@@H]1CSc2ccccc2C1=C(C#N)C#N. The van der Waals surface area contributed by atoms with Crippen LogP contribution >= 0.6 is 11.8 Å². The van der Waals surface area contributed by atoms with Crippen LogP contribution in [0.3, 0.4) is 0 Å². The minimum atomic E-state index is -0.0582. The van der Waals surface area contributed by atoms with Crippen molar-refractivity contribution in [3.8, 4) is 12.1 Å². The Labute approximate surface area is 164 Å². The van der Waals surface area contributed by atoms with Crippen LogP contribution in [0.1, 0.15) is 36.8 Å². The van der Waals surface area contributed by atoms with E-state index in [-0.39, 0.29) is 23.2 Å². The molecule has 134 valence electrons. The molecule has 1 heterocycles. The molecule has 3 nitrogen and oxygen atoms in total. The molecule has 3 rings (SSSR count). The third-order valence-corrected chi connectivity index (χ3v) is 6.21. The summed E-state index contributed by atoms with van der Waals surface area (Å²) in [4.78, 5) is 13.4. The number of rotatable bonds is 5. The van der Waals surface area contributed by atoms with E-state index in [1.165, 1.54) is 0 Å². The molecule has 2 atom stereocenters. The normalized spacial score (nSPS) is 16.6. The van der Waals surface area contributed by atoms with Gasteiger partial charge in [-0.15, -0.1) is 11.8 Å². The molecular formula is C23H20N2OS. The van der Waals surface area contributed by atoms with E-state index < -0.39 is 0 Å². The van der Waals surface area contributed by atoms with Crippen LogP contribution in [0.15, 0.2) is 65.1 Å². The van der Waals surface area contributed by atoms with Crippen LogP contribution in [0.2, 0.25) is 0 Å². The topological polar surface area (TPSA) is 64.7 Å². The number of hydrogen-bond donors (Lipinski definition) is 0. The van der Waals surface area contributed by atoms with Gasteiger partial charge in [0.05, 0.1) is 0 Å². The fourth-order valence-electron chi connectivity index (χ4n) is 3.64. The summed E-state index contributed by atoms with van der Waals surface area (Å²) >= 11 is 1.73. The number of Topliss-reactive ketones (excluding diaryl/α,β-unsaturated/α-hetero) is 1. The van der Waals surface area contributed by atoms with Gasteiger partial charge in [-0.2, -0.15) is 10.5 Å². The molecule has 2 aromatic rings. The summed E-state index contributed by atoms with van der Waals surface area (Å²) in [7, 11) is 0. The van der Waals surface area contributed by atoms with Gasteiger partial charge in [0.2, 0.25) is 0 Å². The highest BCUT2D eigenvalue weighted by molar-refractivity contribution is 7.99. The van der Waals surface area contributed by atoms with E-state index in [2.05, 4.69) is 12.1 Å². The van der Waals surface area contributed by atoms with Crippen LogP contribution in [0.25, 0.3) is 5.57 Å². The fourth-order valence-corrected chi connectivity index (χ4v) is 4.91. The summed E-state index contributed by atoms with van der Waals surface area (Å²) in [5, 5.41) is 19.2. The predicted octanol–water partition coefficient (Wildman–Crippen LogP) is 5.36. The van der Waals surface area contributed by atoms with Crippen LogP contribution in [-0.4, -0.2) is 11.5 Å². The number of benzene rings is 2. The maximum atomic E-state index is 12.3. The smallest absolute Gasteiger partial charge is 0.133 e. The standard InChI is InChI=1S/C23H20N2OS/c1-2-18(26)12-20(16-8-4-3-5-9-16)21-15-27-22-11-7-6-10-19(22)23(21)17(13-24)14-25/h3-11,20-21H,2,12,15H2,1H3/t20-,21-/m0/s1. The molecule has 1 aliphatic heterocycles. The Morgan fingerprint density at radius 1 is 1.11 bits per heavy atom. The Bertz CT molecular complexity index is 934. The molecule has 0 bridgehead atoms. The first-order valence-corrected chi connectivity index (χ1v) is 10.0. The van der Waals surface area contributed by atoms with E-state index in [1.807, 2.05) is 61.5 Å². The Morgan fingerprint density at radius 2 is 1.78 bits per heavy atom. The molecule has 0 aromatic heterocycles. The highest BCUT2D eigenvalue weighted by atomic mass is 32.2. The number of ketones is 1. The minimum absolute atomic E-state index is 0.0498. The maximum Gasteiger partial charge on any atom is 0.133 e. The zero-order chi connectivity index (χ0) is 19.2. The van der Waals surface area contributed by atoms with Crippen molar-refractivity contribution in [2.24, 2.45) is 5.92 Å². The molecule has 2 aromatic carbocycles. The molecule has 0 aliphatic carbocycles. The van der Waals surface area contributed by atoms with Crippen molar-refractivity contribution in [1.29, 1.82) is 10.5 Å². The molecular weight excluding hydrogens is 352 g/mol. The molecule has 0 amide bonds. The fraction of sp³-hybridized carbons (Fsp3) is 0.261. The number of thioether (sulfide) groups is 1. The summed E-state index contributed by atoms with van der Waals surface area (Å²) in [5.74, 6) is 0.835. The Kier molecular flexibility index (Phi) is 6.12. The first-order valence-electron chi connectivity index (χ1n) is 9.02. The number of nitriles is 2. The van der Waals surface area contributed by atoms with Gasteiger partial charge in [0.1, 0.15) is 23.5 Å². The number of fused-ring (bicyclic) bond motifs is 1. The Balaban J connectivity index is 2.16. The van der Waals surface area contributed by atoms with Crippen LogP contribution in [0.5, 0.6) is 0 Å². The van der Waals surface area contributed by atoms with E-state index in [0.717, 1.165) is 27.3 Å². The van der Waals surface area contributed by atoms with Gasteiger partial charge in [-0.05, 0) is 28.7 Å². The van der Waals surface area contributed by atoms with Crippen molar-refractivity contribution in [2.75, 3.05) is 5.75 Å². The average Bonchev–Trinajstić information content (AvgIpc) is 2.73. The van der Waals surface area contributed by atoms with Gasteiger partial charge in [0, 0.05) is 29.4 Å². The van der Waals surface area contributed by atoms with Gasteiger partial charge in [0.15, 0.2) is 0 Å². The van der Waals surface area contributed by atoms with Crippen molar-refractivity contribution in [2.45, 2.75) is 30.6 Å². The highest BCUT2D eigenvalue weighted by Gasteiger charge is 2.35. The van der Waals surface area contributed by atoms with Crippen LogP contribution < -0.4 is 0 Å². The van der Waals surface area contributed by atoms with E-state index in [9.17, 15) is 15.3 Å². The molecule has 0 spiro atoms. The van der Waals surface area contributed by atoms with Gasteiger partial charge in [0.25, 0.3) is 0 Å². The van der Waals surface area contributed by atoms with Gasteiger partial charge < -0.3 is 0 Å². The molecule has 0 fully saturated rings. The zero-order valence-corrected chi connectivity index (χ0v) is 16.0. The van der Waals surface area contributed by atoms with E-state index >= 15 is 0 Å². The Hall–Kier alpha value is -2.82. The van der Waals surface area contributed by atoms with Crippen LogP contribution in [0, 0.1) is 28.6 Å². The van der Waals surface area contributed by atoms with Gasteiger partial charge >= 0.3 is 0 Å². The van der Waals surface area contributed by atoms with Crippen molar-refractivity contribution >= 4 is 23.1 Å². The molecule has 0 unspecified atom stereocenters. The number of nitrogens with zero attached hydrogens (tertiary/aromatic N) is 2. The average molecular weight is 372 g/mol. The van der Waals surface area contributed by atoms with E-state index in [4.69, 9.17) is 0 Å². The molecule has 0 N–H and O–H groups in total. The van der Waals surface area contributed by atoms with Crippen molar-refractivity contribution in [1.82, 2.24) is 0 Å². The second-order valence-electron chi connectivity index (χ2n) is 6.54. The predicted molar refractivity (Wildman–Crippen MR) is 108 cm³/mol. The van der Waals surface area contributed by atoms with E-state index in [0.29, 0.717) is 12.8 Å². The summed E-state index contributed by atoms with van der Waals surface area (Å²) in [6.07, 6.45) is 0.906. The summed E-state index contributed by atoms with van der Waals surface area (Å²) in [5.41, 5.74) is 2.96. The minimum Gasteiger partial charge on any atom is -0.300 e. The van der Waals surface area contributed by atoms with E-state index in [1.54, 1.807) is 11.8 Å². The van der Waals surface area contributed by atoms with Gasteiger partial charge in [-0.1, -0.05) is 55.5 Å². The number of allylic oxidation sites excluding steroid dienone is 2. The summed E-state index contributed by atoms with van der Waals surface area (Å²) in [6.45, 7) is 1.88. The summed E-state index contributed by atoms with van der Waals surface area (Å²) < 4.78 is 0. The molecule has 0 radical (unpaired) electrons. The number of hydrogen-bond acceptors (Lipinski definition) is 4. The highest BCUT2D eigenvalue weighted by Crippen LogP contribution is 2.48. The van der Waals surface area contributed by atoms with Crippen molar-refractivity contribution in [3.05, 3.63) is 71.3 Å². The van der Waals surface area contributed by atoms with Crippen LogP contribution in [-0.2, 0) is 4.79 Å². The molecule has 1 aliphatic rings. The lowest BCUT2D eigenvalue weighted by atomic mass is 9.75. The van der Waals surface area contributed by atoms with Crippen LogP contribution in [0.4, 0.5) is 0 Å². The van der Waals surface area contributed by atoms with Gasteiger partial charge in [-0.25, -0.2) is 0 Å². The first-order chi connectivity index (χ1) is 13.2. The second-order valence-corrected chi connectivity index (χ2v) is 7.60. The number of carbonyl (C=O) groups excluding carboxylic acids is 1. The zero-order valence-electron chi connectivity index (χ0n) is 15.2. The number of carbonyl (C=O) groups is 1. The lowest BCUT2D eigenvalue weighted by Crippen LogP contribution is -2.24. The van der Waals surface area contributed by atoms with Gasteiger partial charge in [-0.3, -0.25) is 4.79 Å². The molecule has 4 heteroatoms. The second kappa shape index (κ2) is 8.71. The Morgan fingerprint density at radius 3 is 2.44 bits per heavy atom. The quantitative estimate of drug-likeness (QED) is 0.663. The monoisotopic (exact) mass is 372 g/mol. The largest absolute Gasteiger partial charge is 0.300 e.